The van der Waals surface area contributed by atoms with E-state index in [2.05, 4.69) is 4.98 Å². The predicted molar refractivity (Wildman–Crippen MR) is 81.3 cm³/mol. The predicted octanol–water partition coefficient (Wildman–Crippen LogP) is 2.06. The van der Waals surface area contributed by atoms with E-state index in [1.54, 1.807) is 11.3 Å². The molecule has 0 saturated carbocycles. The smallest absolute Gasteiger partial charge is 0.248 e. The fourth-order valence-electron chi connectivity index (χ4n) is 2.39. The van der Waals surface area contributed by atoms with E-state index in [-0.39, 0.29) is 18.6 Å². The molecule has 1 amide bonds. The molecule has 1 fully saturated rings. The minimum atomic E-state index is 0.0203. The molecule has 0 radical (unpaired) electrons. The van der Waals surface area contributed by atoms with Crippen LogP contribution in [-0.4, -0.2) is 48.2 Å². The van der Waals surface area contributed by atoms with Gasteiger partial charge >= 0.3 is 0 Å². The standard InChI is InChI=1S/C15H18N2O3S/c1-11-8-19-7-6-17(11)15(18)10-20-9-14-16-12-4-2-3-5-13(12)21-14/h2-5,11H,6-10H2,1H3/t11-/m0/s1. The third-order valence-corrected chi connectivity index (χ3v) is 4.49. The van der Waals surface area contributed by atoms with Crippen LogP contribution < -0.4 is 0 Å². The van der Waals surface area contributed by atoms with Crippen molar-refractivity contribution in [1.82, 2.24) is 9.88 Å². The van der Waals surface area contributed by atoms with Crippen LogP contribution in [0.3, 0.4) is 0 Å². The second-order valence-electron chi connectivity index (χ2n) is 5.08. The summed E-state index contributed by atoms with van der Waals surface area (Å²) in [6, 6.07) is 8.11. The highest BCUT2D eigenvalue weighted by Crippen LogP contribution is 2.21. The van der Waals surface area contributed by atoms with Gasteiger partial charge in [0, 0.05) is 6.54 Å². The van der Waals surface area contributed by atoms with Gasteiger partial charge in [-0.05, 0) is 19.1 Å². The largest absolute Gasteiger partial charge is 0.377 e. The summed E-state index contributed by atoms with van der Waals surface area (Å²) in [6.07, 6.45) is 0. The van der Waals surface area contributed by atoms with E-state index >= 15 is 0 Å². The van der Waals surface area contributed by atoms with Crippen molar-refractivity contribution in [3.05, 3.63) is 29.3 Å². The highest BCUT2D eigenvalue weighted by atomic mass is 32.1. The van der Waals surface area contributed by atoms with Crippen molar-refractivity contribution in [2.75, 3.05) is 26.4 Å². The zero-order valence-corrected chi connectivity index (χ0v) is 12.8. The number of hydrogen-bond acceptors (Lipinski definition) is 5. The molecule has 0 unspecified atom stereocenters. The maximum absolute atomic E-state index is 12.1. The first-order valence-electron chi connectivity index (χ1n) is 7.03. The molecule has 1 saturated heterocycles. The molecule has 1 aliphatic heterocycles. The van der Waals surface area contributed by atoms with Crippen molar-refractivity contribution < 1.29 is 14.3 Å². The molecule has 21 heavy (non-hydrogen) atoms. The average molecular weight is 306 g/mol. The van der Waals surface area contributed by atoms with Crippen LogP contribution in [0.4, 0.5) is 0 Å². The number of morpholine rings is 1. The van der Waals surface area contributed by atoms with E-state index in [0.29, 0.717) is 26.4 Å². The summed E-state index contributed by atoms with van der Waals surface area (Å²) in [5, 5.41) is 0.902. The first-order chi connectivity index (χ1) is 10.2. The topological polar surface area (TPSA) is 51.7 Å². The molecule has 1 aromatic carbocycles. The van der Waals surface area contributed by atoms with Crippen molar-refractivity contribution >= 4 is 27.5 Å². The molecule has 0 aliphatic carbocycles. The number of thiazole rings is 1. The molecule has 1 atom stereocenters. The number of carbonyl (C=O) groups is 1. The average Bonchev–Trinajstić information content (AvgIpc) is 2.90. The van der Waals surface area contributed by atoms with Crippen molar-refractivity contribution in [3.63, 3.8) is 0 Å². The summed E-state index contributed by atoms with van der Waals surface area (Å²) in [5.41, 5.74) is 0.981. The highest BCUT2D eigenvalue weighted by molar-refractivity contribution is 7.18. The molecule has 0 bridgehead atoms. The maximum atomic E-state index is 12.1. The number of benzene rings is 1. The van der Waals surface area contributed by atoms with Gasteiger partial charge in [-0.2, -0.15) is 0 Å². The van der Waals surface area contributed by atoms with Gasteiger partial charge in [0.05, 0.1) is 36.1 Å². The molecule has 3 rings (SSSR count). The van der Waals surface area contributed by atoms with E-state index in [9.17, 15) is 4.79 Å². The number of nitrogens with zero attached hydrogens (tertiary/aromatic N) is 2. The van der Waals surface area contributed by atoms with Crippen molar-refractivity contribution in [2.45, 2.75) is 19.6 Å². The van der Waals surface area contributed by atoms with Crippen LogP contribution in [0.5, 0.6) is 0 Å². The summed E-state index contributed by atoms with van der Waals surface area (Å²) in [5.74, 6) is 0.0203. The molecule has 0 N–H and O–H groups in total. The second-order valence-corrected chi connectivity index (χ2v) is 6.19. The number of aromatic nitrogens is 1. The minimum Gasteiger partial charge on any atom is -0.377 e. The zero-order valence-electron chi connectivity index (χ0n) is 11.9. The van der Waals surface area contributed by atoms with Gasteiger partial charge < -0.3 is 14.4 Å². The van der Waals surface area contributed by atoms with Crippen molar-refractivity contribution in [3.8, 4) is 0 Å². The van der Waals surface area contributed by atoms with E-state index in [0.717, 1.165) is 15.2 Å². The fraction of sp³-hybridized carbons (Fsp3) is 0.467. The Labute approximate surface area is 127 Å². The first-order valence-corrected chi connectivity index (χ1v) is 7.85. The molecule has 1 aliphatic rings. The van der Waals surface area contributed by atoms with Gasteiger partial charge in [-0.25, -0.2) is 4.98 Å². The Bertz CT molecular complexity index is 595. The quantitative estimate of drug-likeness (QED) is 0.867. The molecular weight excluding hydrogens is 288 g/mol. The Kier molecular flexibility index (Phi) is 4.48. The lowest BCUT2D eigenvalue weighted by Gasteiger charge is -2.33. The Morgan fingerprint density at radius 3 is 3.19 bits per heavy atom. The second kappa shape index (κ2) is 6.51. The zero-order chi connectivity index (χ0) is 14.7. The lowest BCUT2D eigenvalue weighted by Crippen LogP contribution is -2.48. The summed E-state index contributed by atoms with van der Waals surface area (Å²) in [7, 11) is 0. The molecule has 0 spiro atoms. The van der Waals surface area contributed by atoms with Crippen LogP contribution in [0.15, 0.2) is 24.3 Å². The Balaban J connectivity index is 1.52. The van der Waals surface area contributed by atoms with Gasteiger partial charge in [0.15, 0.2) is 0 Å². The van der Waals surface area contributed by atoms with E-state index in [1.165, 1.54) is 0 Å². The summed E-state index contributed by atoms with van der Waals surface area (Å²) >= 11 is 1.60. The molecule has 112 valence electrons. The van der Waals surface area contributed by atoms with Crippen LogP contribution in [0, 0.1) is 0 Å². The molecule has 2 aromatic rings. The number of fused-ring (bicyclic) bond motifs is 1. The van der Waals surface area contributed by atoms with Crippen LogP contribution >= 0.6 is 11.3 Å². The summed E-state index contributed by atoms with van der Waals surface area (Å²) < 4.78 is 12.0. The Morgan fingerprint density at radius 2 is 2.38 bits per heavy atom. The number of carbonyl (C=O) groups excluding carboxylic acids is 1. The van der Waals surface area contributed by atoms with Gasteiger partial charge in [-0.3, -0.25) is 4.79 Å². The molecule has 2 heterocycles. The number of hydrogen-bond donors (Lipinski definition) is 0. The maximum Gasteiger partial charge on any atom is 0.248 e. The number of amides is 1. The van der Waals surface area contributed by atoms with Crippen LogP contribution in [0.2, 0.25) is 0 Å². The van der Waals surface area contributed by atoms with Crippen LogP contribution in [0.1, 0.15) is 11.9 Å². The van der Waals surface area contributed by atoms with Crippen LogP contribution in [0.25, 0.3) is 10.2 Å². The molecule has 1 aromatic heterocycles. The Hall–Kier alpha value is -1.50. The lowest BCUT2D eigenvalue weighted by molar-refractivity contribution is -0.144. The first kappa shape index (κ1) is 14.4. The van der Waals surface area contributed by atoms with Gasteiger partial charge in [-0.15, -0.1) is 11.3 Å². The van der Waals surface area contributed by atoms with Gasteiger partial charge in [0.2, 0.25) is 5.91 Å². The van der Waals surface area contributed by atoms with Gasteiger partial charge in [0.25, 0.3) is 0 Å². The van der Waals surface area contributed by atoms with Crippen molar-refractivity contribution in [2.24, 2.45) is 0 Å². The summed E-state index contributed by atoms with van der Waals surface area (Å²) in [4.78, 5) is 18.4. The number of rotatable bonds is 4. The third-order valence-electron chi connectivity index (χ3n) is 3.48. The van der Waals surface area contributed by atoms with Gasteiger partial charge in [-0.1, -0.05) is 12.1 Å². The van der Waals surface area contributed by atoms with E-state index in [4.69, 9.17) is 9.47 Å². The Morgan fingerprint density at radius 1 is 1.52 bits per heavy atom. The molecular formula is C15H18N2O3S. The number of ether oxygens (including phenoxy) is 2. The highest BCUT2D eigenvalue weighted by Gasteiger charge is 2.23. The van der Waals surface area contributed by atoms with E-state index in [1.807, 2.05) is 36.1 Å². The fourth-order valence-corrected chi connectivity index (χ4v) is 3.29. The number of para-hydroxylation sites is 1. The van der Waals surface area contributed by atoms with E-state index < -0.39 is 0 Å². The summed E-state index contributed by atoms with van der Waals surface area (Å²) in [6.45, 7) is 4.32. The van der Waals surface area contributed by atoms with Gasteiger partial charge in [0.1, 0.15) is 11.6 Å². The van der Waals surface area contributed by atoms with Crippen molar-refractivity contribution in [1.29, 1.82) is 0 Å². The monoisotopic (exact) mass is 306 g/mol. The third kappa shape index (κ3) is 3.40. The molecule has 6 heteroatoms. The minimum absolute atomic E-state index is 0.0203. The molecule has 5 nitrogen and oxygen atoms in total. The lowest BCUT2D eigenvalue weighted by atomic mass is 10.2. The normalized spacial score (nSPS) is 19.1. The van der Waals surface area contributed by atoms with Crippen LogP contribution in [-0.2, 0) is 20.9 Å². The SMILES string of the molecule is C[C@H]1COCCN1C(=O)COCc1nc2ccccc2s1.